The third-order valence-corrected chi connectivity index (χ3v) is 16.7. The lowest BCUT2D eigenvalue weighted by Gasteiger charge is -2.21. The van der Waals surface area contributed by atoms with Crippen molar-refractivity contribution in [1.29, 1.82) is 0 Å². The van der Waals surface area contributed by atoms with Gasteiger partial charge in [-0.05, 0) is 133 Å². The Bertz CT molecular complexity index is 4460. The Morgan fingerprint density at radius 2 is 0.861 bits per heavy atom. The Kier molecular flexibility index (Phi) is 13.1. The lowest BCUT2D eigenvalue weighted by Crippen LogP contribution is -2.29. The molecule has 408 valence electrons. The fraction of sp³-hybridized carbons (Fsp3) is 0.394. The maximum absolute atomic E-state index is 5.15. The van der Waals surface area contributed by atoms with Gasteiger partial charge in [-0.3, -0.25) is 9.97 Å². The van der Waals surface area contributed by atoms with Crippen molar-refractivity contribution in [2.75, 3.05) is 0 Å². The zero-order chi connectivity index (χ0) is 57.5. The fourth-order valence-corrected chi connectivity index (χ4v) is 12.0. The van der Waals surface area contributed by atoms with Gasteiger partial charge in [-0.1, -0.05) is 140 Å². The summed E-state index contributed by atoms with van der Waals surface area (Å²) in [7, 11) is 6.52. The molecule has 0 aliphatic heterocycles. The van der Waals surface area contributed by atoms with E-state index in [1.54, 1.807) is 0 Å². The number of hydrogen-bond donors (Lipinski definition) is 0. The number of aryl methyl sites for hydroxylation is 8. The number of aromatic nitrogens is 8. The summed E-state index contributed by atoms with van der Waals surface area (Å²) in [6, 6.07) is 38.1. The predicted molar refractivity (Wildman–Crippen MR) is 334 cm³/mol. The molecular formula is C71H87N8+3. The third kappa shape index (κ3) is 9.31. The van der Waals surface area contributed by atoms with Crippen LogP contribution in [0.4, 0.5) is 0 Å². The molecule has 0 radical (unpaired) electrons. The van der Waals surface area contributed by atoms with E-state index < -0.39 is 0 Å². The molecule has 0 aliphatic rings. The standard InChI is InChI=1S/C26H34N3.C24H30N3.C21H23N2/c1-15-11-19-20(12-16(15)2)29-22(26(7,8)9)14-18-23(24(29)28(19)10)17(3)13-21(27-18)25(4,5)6;1-15-13-19(23(2,3)4)25-16-14-20(24(5,6)7)27-18-12-10-9-11-17(18)26(8)22(27)21(15)16;1-14-7-6-8-15-11-12-23-18-13-16(21(2,3)4)9-10-17(18)22(5)20(23)19(14)15/h11-14H,1-10H3;9-14H,1-8H3;6-13H,1-5H3/q3*+1. The molecule has 0 saturated heterocycles. The minimum atomic E-state index is -0.00248. The van der Waals surface area contributed by atoms with Crippen molar-refractivity contribution in [2.24, 2.45) is 21.1 Å². The summed E-state index contributed by atoms with van der Waals surface area (Å²) < 4.78 is 14.2. The normalized spacial score (nSPS) is 13.0. The maximum atomic E-state index is 5.15. The first-order chi connectivity index (χ1) is 36.7. The van der Waals surface area contributed by atoms with Gasteiger partial charge >= 0.3 is 0 Å². The topological polar surface area (TPSA) is 50.6 Å². The van der Waals surface area contributed by atoms with Crippen LogP contribution in [0.1, 0.15) is 160 Å². The van der Waals surface area contributed by atoms with Crippen molar-refractivity contribution in [3.8, 4) is 0 Å². The summed E-state index contributed by atoms with van der Waals surface area (Å²) in [5, 5.41) is 5.13. The Balaban J connectivity index is 0.000000134. The van der Waals surface area contributed by atoms with Gasteiger partial charge in [0.2, 0.25) is 0 Å². The molecule has 8 nitrogen and oxygen atoms in total. The van der Waals surface area contributed by atoms with Gasteiger partial charge in [0, 0.05) is 45.2 Å². The largest absolute Gasteiger partial charge is 0.297 e. The quantitative estimate of drug-likeness (QED) is 0.142. The van der Waals surface area contributed by atoms with E-state index in [0.717, 1.165) is 22.4 Å². The van der Waals surface area contributed by atoms with Crippen LogP contribution in [0.2, 0.25) is 0 Å². The SMILES string of the molecule is Cc1cc(C(C)(C)C)nc2cc(C(C)(C)C)n3c4ccccc4[n+](C)c3c12.Cc1cc2c(cc1C)[n+](C)c1c3c(C)cc(C(C)(C)C)nc3cc(C(C)(C)C)n21.Cc1cccc2ccn3c4cc(C(C)(C)C)ccc4[n+](C)c3c12. The summed E-state index contributed by atoms with van der Waals surface area (Å²) in [5.41, 5.74) is 26.5. The van der Waals surface area contributed by atoms with E-state index in [1.807, 2.05) is 0 Å². The highest BCUT2D eigenvalue weighted by Gasteiger charge is 2.33. The Morgan fingerprint density at radius 1 is 0.367 bits per heavy atom. The molecule has 0 atom stereocenters. The lowest BCUT2D eigenvalue weighted by molar-refractivity contribution is -0.617. The van der Waals surface area contributed by atoms with Crippen molar-refractivity contribution in [1.82, 2.24) is 23.2 Å². The smallest absolute Gasteiger partial charge is 0.252 e. The number of pyridine rings is 5. The van der Waals surface area contributed by atoms with E-state index >= 15 is 0 Å². The number of benzene rings is 4. The van der Waals surface area contributed by atoms with E-state index in [-0.39, 0.29) is 27.1 Å². The lowest BCUT2D eigenvalue weighted by atomic mass is 9.87. The van der Waals surface area contributed by atoms with Crippen molar-refractivity contribution < 1.29 is 13.7 Å². The third-order valence-electron chi connectivity index (χ3n) is 16.7. The number of imidazole rings is 3. The average molecular weight is 1050 g/mol. The van der Waals surface area contributed by atoms with Gasteiger partial charge in [0.25, 0.3) is 16.9 Å². The molecule has 0 bridgehead atoms. The van der Waals surface area contributed by atoms with Gasteiger partial charge in [-0.15, -0.1) is 0 Å². The van der Waals surface area contributed by atoms with Gasteiger partial charge in [-0.25, -0.2) is 13.7 Å². The number of fused-ring (bicyclic) bond motifs is 15. The molecule has 4 aromatic carbocycles. The molecule has 8 heteroatoms. The average Bonchev–Trinajstić information content (AvgIpc) is 4.18. The molecule has 8 heterocycles. The van der Waals surface area contributed by atoms with Gasteiger partial charge in [0.15, 0.2) is 33.1 Å². The maximum Gasteiger partial charge on any atom is 0.297 e. The van der Waals surface area contributed by atoms with E-state index in [1.165, 1.54) is 116 Å². The molecule has 0 N–H and O–H groups in total. The van der Waals surface area contributed by atoms with Gasteiger partial charge < -0.3 is 0 Å². The fourth-order valence-electron chi connectivity index (χ4n) is 12.0. The van der Waals surface area contributed by atoms with Crippen molar-refractivity contribution >= 4 is 82.6 Å². The monoisotopic (exact) mass is 1050 g/mol. The van der Waals surface area contributed by atoms with Crippen LogP contribution in [0.25, 0.3) is 82.6 Å². The highest BCUT2D eigenvalue weighted by Crippen LogP contribution is 2.37. The van der Waals surface area contributed by atoms with Crippen LogP contribution < -0.4 is 13.7 Å². The van der Waals surface area contributed by atoms with Gasteiger partial charge in [0.1, 0.15) is 11.4 Å². The van der Waals surface area contributed by atoms with Crippen molar-refractivity contribution in [3.05, 3.63) is 165 Å². The second-order valence-corrected chi connectivity index (χ2v) is 28.1. The van der Waals surface area contributed by atoms with Crippen LogP contribution in [0, 0.1) is 34.6 Å². The molecule has 0 spiro atoms. The summed E-state index contributed by atoms with van der Waals surface area (Å²) in [6.45, 7) is 45.0. The number of nitrogens with zero attached hydrogens (tertiary/aromatic N) is 8. The summed E-state index contributed by atoms with van der Waals surface area (Å²) >= 11 is 0. The summed E-state index contributed by atoms with van der Waals surface area (Å²) in [6.07, 6.45) is 2.20. The second kappa shape index (κ2) is 18.7. The van der Waals surface area contributed by atoms with Gasteiger partial charge in [0.05, 0.1) is 54.5 Å². The number of para-hydroxylation sites is 2. The highest BCUT2D eigenvalue weighted by molar-refractivity contribution is 5.99. The summed E-state index contributed by atoms with van der Waals surface area (Å²) in [5.74, 6) is 0. The Morgan fingerprint density at radius 3 is 1.39 bits per heavy atom. The highest BCUT2D eigenvalue weighted by atomic mass is 15.1. The molecule has 0 unspecified atom stereocenters. The molecule has 12 rings (SSSR count). The van der Waals surface area contributed by atoms with E-state index in [4.69, 9.17) is 9.97 Å². The first kappa shape index (κ1) is 55.1. The van der Waals surface area contributed by atoms with Crippen LogP contribution in [0.15, 0.2) is 109 Å². The zero-order valence-electron chi connectivity index (χ0n) is 52.0. The van der Waals surface area contributed by atoms with E-state index in [0.29, 0.717) is 0 Å². The number of hydrogen-bond acceptors (Lipinski definition) is 2. The minimum absolute atomic E-state index is 0.00248. The molecule has 0 amide bonds. The molecule has 8 aromatic heterocycles. The molecule has 0 saturated carbocycles. The second-order valence-electron chi connectivity index (χ2n) is 28.1. The number of rotatable bonds is 0. The van der Waals surface area contributed by atoms with Gasteiger partial charge in [-0.2, -0.15) is 13.2 Å². The predicted octanol–water partition coefficient (Wildman–Crippen LogP) is 16.0. The van der Waals surface area contributed by atoms with Crippen molar-refractivity contribution in [2.45, 2.75) is 166 Å². The summed E-state index contributed by atoms with van der Waals surface area (Å²) in [4.78, 5) is 10.3. The molecule has 79 heavy (non-hydrogen) atoms. The molecule has 0 aliphatic carbocycles. The first-order valence-electron chi connectivity index (χ1n) is 28.5. The van der Waals surface area contributed by atoms with E-state index in [2.05, 4.69) is 296 Å². The van der Waals surface area contributed by atoms with E-state index in [9.17, 15) is 0 Å². The Hall–Kier alpha value is -7.19. The van der Waals surface area contributed by atoms with Crippen LogP contribution in [0.3, 0.4) is 0 Å². The zero-order valence-corrected chi connectivity index (χ0v) is 52.0. The van der Waals surface area contributed by atoms with Crippen LogP contribution in [-0.4, -0.2) is 23.2 Å². The van der Waals surface area contributed by atoms with Crippen LogP contribution in [0.5, 0.6) is 0 Å². The van der Waals surface area contributed by atoms with Crippen LogP contribution >= 0.6 is 0 Å². The first-order valence-corrected chi connectivity index (χ1v) is 28.5. The molecular weight excluding hydrogens is 965 g/mol. The Labute approximate surface area is 469 Å². The molecule has 12 aromatic rings. The molecule has 0 fully saturated rings. The van der Waals surface area contributed by atoms with Crippen molar-refractivity contribution in [3.63, 3.8) is 0 Å². The minimum Gasteiger partial charge on any atom is -0.252 e. The van der Waals surface area contributed by atoms with Crippen LogP contribution in [-0.2, 0) is 48.2 Å².